The van der Waals surface area contributed by atoms with Crippen molar-refractivity contribution in [3.05, 3.63) is 40.9 Å². The lowest BCUT2D eigenvalue weighted by molar-refractivity contribution is 0.0940. The SMILES string of the molecule is CCc1ccc(S(=O)(=O)NNC(=O)c2csc(N3CCOCC3)n2)cc1. The molecule has 1 aliphatic heterocycles. The molecule has 2 aromatic rings. The Hall–Kier alpha value is -2.01. The first kappa shape index (κ1) is 18.8. The Morgan fingerprint density at radius 1 is 1.27 bits per heavy atom. The van der Waals surface area contributed by atoms with Crippen molar-refractivity contribution in [3.63, 3.8) is 0 Å². The highest BCUT2D eigenvalue weighted by molar-refractivity contribution is 7.89. The number of rotatable bonds is 6. The van der Waals surface area contributed by atoms with E-state index in [1.807, 2.05) is 11.8 Å². The van der Waals surface area contributed by atoms with Crippen LogP contribution in [0.5, 0.6) is 0 Å². The zero-order valence-corrected chi connectivity index (χ0v) is 15.9. The minimum Gasteiger partial charge on any atom is -0.378 e. The van der Waals surface area contributed by atoms with Gasteiger partial charge >= 0.3 is 0 Å². The van der Waals surface area contributed by atoms with Gasteiger partial charge in [-0.1, -0.05) is 19.1 Å². The van der Waals surface area contributed by atoms with Crippen molar-refractivity contribution in [2.45, 2.75) is 18.2 Å². The van der Waals surface area contributed by atoms with Crippen molar-refractivity contribution < 1.29 is 17.9 Å². The number of sulfonamides is 1. The smallest absolute Gasteiger partial charge is 0.285 e. The van der Waals surface area contributed by atoms with Crippen LogP contribution >= 0.6 is 11.3 Å². The first-order chi connectivity index (χ1) is 12.5. The van der Waals surface area contributed by atoms with Gasteiger partial charge in [0.05, 0.1) is 18.1 Å². The topological polar surface area (TPSA) is 101 Å². The number of nitrogens with zero attached hydrogens (tertiary/aromatic N) is 2. The second-order valence-corrected chi connectivity index (χ2v) is 8.19. The number of anilines is 1. The molecular formula is C16H20N4O4S2. The molecule has 0 unspecified atom stereocenters. The Bertz CT molecular complexity index is 859. The van der Waals surface area contributed by atoms with Crippen molar-refractivity contribution in [3.8, 4) is 0 Å². The maximum Gasteiger partial charge on any atom is 0.285 e. The van der Waals surface area contributed by atoms with Crippen molar-refractivity contribution in [1.29, 1.82) is 0 Å². The Morgan fingerprint density at radius 3 is 2.62 bits per heavy atom. The van der Waals surface area contributed by atoms with Crippen molar-refractivity contribution >= 4 is 32.4 Å². The summed E-state index contributed by atoms with van der Waals surface area (Å²) in [4.78, 5) is 20.7. The maximum absolute atomic E-state index is 12.3. The number of hydrogen-bond donors (Lipinski definition) is 2. The number of aryl methyl sites for hydroxylation is 1. The van der Waals surface area contributed by atoms with Crippen LogP contribution in [0.4, 0.5) is 5.13 Å². The highest BCUT2D eigenvalue weighted by atomic mass is 32.2. The number of hydrogen-bond acceptors (Lipinski definition) is 7. The van der Waals surface area contributed by atoms with Crippen LogP contribution in [0.3, 0.4) is 0 Å². The molecular weight excluding hydrogens is 376 g/mol. The zero-order valence-electron chi connectivity index (χ0n) is 14.3. The van der Waals surface area contributed by atoms with Gasteiger partial charge in [0, 0.05) is 18.5 Å². The van der Waals surface area contributed by atoms with Gasteiger partial charge in [0.2, 0.25) is 0 Å². The number of carbonyl (C=O) groups excluding carboxylic acids is 1. The fraction of sp³-hybridized carbons (Fsp3) is 0.375. The molecule has 2 N–H and O–H groups in total. The molecule has 3 rings (SSSR count). The highest BCUT2D eigenvalue weighted by Gasteiger charge is 2.19. The van der Waals surface area contributed by atoms with Gasteiger partial charge in [0.15, 0.2) is 5.13 Å². The molecule has 1 aromatic carbocycles. The lowest BCUT2D eigenvalue weighted by Crippen LogP contribution is -2.41. The third kappa shape index (κ3) is 4.39. The number of ether oxygens (including phenoxy) is 1. The zero-order chi connectivity index (χ0) is 18.6. The predicted molar refractivity (Wildman–Crippen MR) is 98.8 cm³/mol. The Labute approximate surface area is 156 Å². The third-order valence-corrected chi connectivity index (χ3v) is 6.11. The average Bonchev–Trinajstić information content (AvgIpc) is 3.17. The molecule has 1 aliphatic rings. The molecule has 1 saturated heterocycles. The fourth-order valence-corrected chi connectivity index (χ4v) is 4.11. The lowest BCUT2D eigenvalue weighted by atomic mass is 10.2. The number of thiazole rings is 1. The summed E-state index contributed by atoms with van der Waals surface area (Å²) >= 11 is 1.34. The van der Waals surface area contributed by atoms with Crippen LogP contribution in [0.25, 0.3) is 0 Å². The Kier molecular flexibility index (Phi) is 5.87. The van der Waals surface area contributed by atoms with Gasteiger partial charge in [-0.25, -0.2) is 13.4 Å². The summed E-state index contributed by atoms with van der Waals surface area (Å²) in [6, 6.07) is 6.50. The van der Waals surface area contributed by atoms with E-state index in [1.165, 1.54) is 23.5 Å². The summed E-state index contributed by atoms with van der Waals surface area (Å²) < 4.78 is 29.8. The van der Waals surface area contributed by atoms with Crippen LogP contribution < -0.4 is 15.2 Å². The van der Waals surface area contributed by atoms with E-state index >= 15 is 0 Å². The monoisotopic (exact) mass is 396 g/mol. The minimum atomic E-state index is -3.84. The number of nitrogens with one attached hydrogen (secondary N) is 2. The van der Waals surface area contributed by atoms with Crippen LogP contribution in [-0.4, -0.2) is 45.6 Å². The fourth-order valence-electron chi connectivity index (χ4n) is 2.41. The summed E-state index contributed by atoms with van der Waals surface area (Å²) in [5.74, 6) is -0.602. The predicted octanol–water partition coefficient (Wildman–Crippen LogP) is 1.17. The maximum atomic E-state index is 12.3. The molecule has 0 bridgehead atoms. The van der Waals surface area contributed by atoms with Gasteiger partial charge in [0.25, 0.3) is 15.9 Å². The van der Waals surface area contributed by atoms with Gasteiger partial charge in [-0.05, 0) is 24.1 Å². The number of hydrazine groups is 1. The molecule has 10 heteroatoms. The van der Waals surface area contributed by atoms with Crippen LogP contribution in [-0.2, 0) is 21.2 Å². The number of amides is 1. The second-order valence-electron chi connectivity index (χ2n) is 5.67. The van der Waals surface area contributed by atoms with E-state index in [0.29, 0.717) is 13.2 Å². The molecule has 0 aliphatic carbocycles. The Balaban J connectivity index is 1.61. The third-order valence-electron chi connectivity index (χ3n) is 3.95. The Morgan fingerprint density at radius 2 is 1.96 bits per heavy atom. The molecule has 26 heavy (non-hydrogen) atoms. The molecule has 8 nitrogen and oxygen atoms in total. The first-order valence-electron chi connectivity index (χ1n) is 8.19. The number of carbonyl (C=O) groups is 1. The molecule has 1 aromatic heterocycles. The van der Waals surface area contributed by atoms with E-state index < -0.39 is 15.9 Å². The summed E-state index contributed by atoms with van der Waals surface area (Å²) in [5.41, 5.74) is 3.41. The second kappa shape index (κ2) is 8.12. The molecule has 0 radical (unpaired) electrons. The van der Waals surface area contributed by atoms with E-state index in [4.69, 9.17) is 4.74 Å². The largest absolute Gasteiger partial charge is 0.378 e. The molecule has 0 spiro atoms. The quantitative estimate of drug-likeness (QED) is 0.711. The van der Waals surface area contributed by atoms with Gasteiger partial charge in [-0.3, -0.25) is 10.2 Å². The number of morpholine rings is 1. The van der Waals surface area contributed by atoms with Crippen molar-refractivity contribution in [2.24, 2.45) is 0 Å². The molecule has 140 valence electrons. The average molecular weight is 396 g/mol. The minimum absolute atomic E-state index is 0.0854. The molecule has 2 heterocycles. The van der Waals surface area contributed by atoms with Gasteiger partial charge in [-0.2, -0.15) is 0 Å². The van der Waals surface area contributed by atoms with Crippen LogP contribution in [0.15, 0.2) is 34.5 Å². The number of benzene rings is 1. The van der Waals surface area contributed by atoms with Crippen molar-refractivity contribution in [1.82, 2.24) is 15.2 Å². The normalized spacial score (nSPS) is 15.0. The van der Waals surface area contributed by atoms with Gasteiger partial charge < -0.3 is 9.64 Å². The lowest BCUT2D eigenvalue weighted by Gasteiger charge is -2.25. The van der Waals surface area contributed by atoms with E-state index in [2.05, 4.69) is 15.2 Å². The standard InChI is InChI=1S/C16H20N4O4S2/c1-2-12-3-5-13(6-4-12)26(22,23)19-18-15(21)14-11-25-16(17-14)20-7-9-24-10-8-20/h3-6,11,19H,2,7-10H2,1H3,(H,18,21). The van der Waals surface area contributed by atoms with Crippen LogP contribution in [0, 0.1) is 0 Å². The van der Waals surface area contributed by atoms with Gasteiger partial charge in [-0.15, -0.1) is 16.2 Å². The van der Waals surface area contributed by atoms with Crippen molar-refractivity contribution in [2.75, 3.05) is 31.2 Å². The molecule has 0 atom stereocenters. The summed E-state index contributed by atoms with van der Waals surface area (Å²) in [6.07, 6.45) is 0.819. The van der Waals surface area contributed by atoms with Crippen LogP contribution in [0.2, 0.25) is 0 Å². The van der Waals surface area contributed by atoms with Gasteiger partial charge in [0.1, 0.15) is 5.69 Å². The van der Waals surface area contributed by atoms with E-state index in [0.717, 1.165) is 30.2 Å². The molecule has 1 amide bonds. The first-order valence-corrected chi connectivity index (χ1v) is 10.5. The molecule has 1 fully saturated rings. The summed E-state index contributed by atoms with van der Waals surface area (Å²) in [7, 11) is -3.84. The van der Waals surface area contributed by atoms with E-state index in [-0.39, 0.29) is 10.6 Å². The number of aromatic nitrogens is 1. The molecule has 0 saturated carbocycles. The summed E-state index contributed by atoms with van der Waals surface area (Å²) in [6.45, 7) is 4.67. The van der Waals surface area contributed by atoms with E-state index in [1.54, 1.807) is 17.5 Å². The summed E-state index contributed by atoms with van der Waals surface area (Å²) in [5, 5.41) is 2.32. The van der Waals surface area contributed by atoms with E-state index in [9.17, 15) is 13.2 Å². The van der Waals surface area contributed by atoms with Crippen LogP contribution in [0.1, 0.15) is 23.0 Å². The highest BCUT2D eigenvalue weighted by Crippen LogP contribution is 2.21.